The van der Waals surface area contributed by atoms with E-state index in [1.807, 2.05) is 60.7 Å². The van der Waals surface area contributed by atoms with Crippen molar-refractivity contribution in [2.24, 2.45) is 0 Å². The van der Waals surface area contributed by atoms with E-state index in [0.717, 1.165) is 35.6 Å². The van der Waals surface area contributed by atoms with E-state index in [2.05, 4.69) is 21.4 Å². The van der Waals surface area contributed by atoms with Gasteiger partial charge in [0.25, 0.3) is 0 Å². The molecule has 19 heteroatoms. The van der Waals surface area contributed by atoms with Crippen LogP contribution in [-0.4, -0.2) is 66.7 Å². The third-order valence-corrected chi connectivity index (χ3v) is 4.02. The van der Waals surface area contributed by atoms with Gasteiger partial charge in [0, 0.05) is 0 Å². The molecule has 0 aliphatic rings. The van der Waals surface area contributed by atoms with E-state index in [1.165, 1.54) is 12.1 Å². The number of aromatic nitrogens is 2. The van der Waals surface area contributed by atoms with E-state index < -0.39 is 46.7 Å². The standard InChI is InChI=1S/2C7H5NO4.2C6H7N.Cu.6H2O/c2*9-6(10)4-2-1-3-5(8-4)7(11)12;2*7-6-4-2-1-3-5-6;;;;;;;/h2*1-3H,(H,9,10)(H,11,12);2*1-5H,7H2;;6*1H2/q;;;;+2;;;;;;/p-2. The Morgan fingerprint density at radius 2 is 0.600 bits per heavy atom. The maximum atomic E-state index is 10.2. The van der Waals surface area contributed by atoms with E-state index in [9.17, 15) is 39.6 Å². The van der Waals surface area contributed by atoms with Crippen LogP contribution in [0.15, 0.2) is 97.1 Å². The molecule has 0 bridgehead atoms. The zero-order valence-corrected chi connectivity index (χ0v) is 24.1. The van der Waals surface area contributed by atoms with Crippen LogP contribution in [0.4, 0.5) is 11.4 Å². The molecule has 0 amide bonds. The number of rotatable bonds is 4. The van der Waals surface area contributed by atoms with E-state index in [4.69, 9.17) is 0 Å². The van der Waals surface area contributed by atoms with Crippen LogP contribution in [0.3, 0.4) is 0 Å². The van der Waals surface area contributed by atoms with Gasteiger partial charge in [-0.1, -0.05) is 48.5 Å². The van der Waals surface area contributed by atoms with Crippen LogP contribution < -0.4 is 31.9 Å². The number of quaternary nitrogens is 2. The fourth-order valence-corrected chi connectivity index (χ4v) is 2.28. The molecular formula is C26H34CuN4O14. The van der Waals surface area contributed by atoms with Gasteiger partial charge in [-0.25, -0.2) is 9.97 Å². The average Bonchev–Trinajstić information content (AvgIpc) is 2.91. The molecular weight excluding hydrogens is 656 g/mol. The summed E-state index contributed by atoms with van der Waals surface area (Å²) in [4.78, 5) is 47.3. The predicted molar refractivity (Wildman–Crippen MR) is 145 cm³/mol. The second-order valence-corrected chi connectivity index (χ2v) is 6.94. The Hall–Kier alpha value is -5.18. The van der Waals surface area contributed by atoms with Gasteiger partial charge in [-0.3, -0.25) is 0 Å². The van der Waals surface area contributed by atoms with Crippen molar-refractivity contribution < 1.29 is 101 Å². The number of aromatic carboxylic acids is 4. The number of carboxylic acids is 4. The molecule has 0 atom stereocenters. The minimum atomic E-state index is -1.52. The summed E-state index contributed by atoms with van der Waals surface area (Å²) < 4.78 is 0. The average molecular weight is 690 g/mol. The van der Waals surface area contributed by atoms with E-state index >= 15 is 0 Å². The van der Waals surface area contributed by atoms with E-state index in [-0.39, 0.29) is 49.9 Å². The van der Waals surface area contributed by atoms with Gasteiger partial charge in [0.2, 0.25) is 0 Å². The zero-order chi connectivity index (χ0) is 28.5. The van der Waals surface area contributed by atoms with E-state index in [0.29, 0.717) is 0 Å². The van der Waals surface area contributed by atoms with Crippen LogP contribution in [0.5, 0.6) is 0 Å². The molecule has 253 valence electrons. The van der Waals surface area contributed by atoms with Crippen molar-refractivity contribution in [2.45, 2.75) is 0 Å². The Morgan fingerprint density at radius 3 is 0.733 bits per heavy atom. The summed E-state index contributed by atoms with van der Waals surface area (Å²) in [6.45, 7) is 0. The summed E-state index contributed by atoms with van der Waals surface area (Å²) in [6, 6.07) is 26.8. The molecule has 2 heterocycles. The Morgan fingerprint density at radius 1 is 0.400 bits per heavy atom. The van der Waals surface area contributed by atoms with Gasteiger partial charge in [0.15, 0.2) is 0 Å². The quantitative estimate of drug-likeness (QED) is 0.190. The number of benzene rings is 2. The second kappa shape index (κ2) is 30.3. The molecule has 2 aromatic heterocycles. The Labute approximate surface area is 266 Å². The van der Waals surface area contributed by atoms with Crippen LogP contribution in [0.1, 0.15) is 42.0 Å². The van der Waals surface area contributed by atoms with Gasteiger partial charge in [0.1, 0.15) is 11.4 Å². The van der Waals surface area contributed by atoms with Crippen molar-refractivity contribution in [2.75, 3.05) is 0 Å². The third kappa shape index (κ3) is 24.0. The molecule has 1 radical (unpaired) electrons. The summed E-state index contributed by atoms with van der Waals surface area (Å²) in [7, 11) is 0. The molecule has 0 aliphatic carbocycles. The zero-order valence-electron chi connectivity index (χ0n) is 23.1. The molecule has 0 saturated carbocycles. The van der Waals surface area contributed by atoms with Gasteiger partial charge >= 0.3 is 17.1 Å². The Balaban J connectivity index is -0.0000000833. The van der Waals surface area contributed by atoms with Crippen molar-refractivity contribution in [1.82, 2.24) is 9.97 Å². The van der Waals surface area contributed by atoms with Crippen molar-refractivity contribution in [1.29, 1.82) is 0 Å². The summed E-state index contributed by atoms with van der Waals surface area (Å²) in [6.07, 6.45) is 0. The van der Waals surface area contributed by atoms with Crippen LogP contribution >= 0.6 is 0 Å². The first kappa shape index (κ1) is 55.7. The molecule has 18 nitrogen and oxygen atoms in total. The van der Waals surface area contributed by atoms with Gasteiger partial charge in [-0.15, -0.1) is 0 Å². The van der Waals surface area contributed by atoms with Gasteiger partial charge in [-0.05, 0) is 48.5 Å². The summed E-state index contributed by atoms with van der Waals surface area (Å²) in [5.41, 5.74) is 7.91. The molecule has 45 heavy (non-hydrogen) atoms. The molecule has 0 saturated heterocycles. The van der Waals surface area contributed by atoms with E-state index in [1.54, 1.807) is 0 Å². The molecule has 0 fully saturated rings. The topological polar surface area (TPSA) is 431 Å². The number of carbonyl (C=O) groups is 4. The number of nitrogens with zero attached hydrogens (tertiary/aromatic N) is 2. The van der Waals surface area contributed by atoms with Crippen molar-refractivity contribution in [3.8, 4) is 0 Å². The van der Waals surface area contributed by atoms with Crippen molar-refractivity contribution in [3.63, 3.8) is 0 Å². The smallest absolute Gasteiger partial charge is 0.543 e. The van der Waals surface area contributed by atoms with Crippen molar-refractivity contribution in [3.05, 3.63) is 120 Å². The molecule has 4 aromatic rings. The van der Waals surface area contributed by atoms with Crippen LogP contribution in [0.2, 0.25) is 0 Å². The minimum Gasteiger partial charge on any atom is -0.543 e. The largest absolute Gasteiger partial charge is 2.00 e. The second-order valence-electron chi connectivity index (χ2n) is 6.94. The van der Waals surface area contributed by atoms with Crippen LogP contribution in [-0.2, 0) is 17.1 Å². The molecule has 0 unspecified atom stereocenters. The summed E-state index contributed by atoms with van der Waals surface area (Å²) in [5.74, 6) is -6.06. The first-order valence-corrected chi connectivity index (χ1v) is 10.5. The van der Waals surface area contributed by atoms with Gasteiger partial charge in [0.05, 0.1) is 46.7 Å². The molecule has 2 aromatic carbocycles. The van der Waals surface area contributed by atoms with Crippen LogP contribution in [0, 0.1) is 0 Å². The van der Waals surface area contributed by atoms with Crippen LogP contribution in [0.25, 0.3) is 0 Å². The number of carboxylic acid groups (broad SMARTS) is 4. The van der Waals surface area contributed by atoms with Crippen molar-refractivity contribution >= 4 is 35.3 Å². The maximum absolute atomic E-state index is 10.2. The maximum Gasteiger partial charge on any atom is 2.00 e. The molecule has 4 rings (SSSR count). The fraction of sp³-hybridized carbons (Fsp3) is 0. The Kier molecular flexibility index (Phi) is 37.5. The molecule has 18 N–H and O–H groups in total. The first-order valence-electron chi connectivity index (χ1n) is 10.5. The monoisotopic (exact) mass is 689 g/mol. The van der Waals surface area contributed by atoms with Gasteiger partial charge in [-0.2, -0.15) is 0 Å². The summed E-state index contributed by atoms with van der Waals surface area (Å²) in [5, 5.41) is 40.8. The molecule has 0 spiro atoms. The minimum absolute atomic E-state index is 0. The predicted octanol–water partition coefficient (Wildman–Crippen LogP) is -8.21. The normalized spacial score (nSPS) is 7.69. The fourth-order valence-electron chi connectivity index (χ4n) is 2.28. The summed E-state index contributed by atoms with van der Waals surface area (Å²) >= 11 is 0. The first-order chi connectivity index (χ1) is 18.0. The third-order valence-electron chi connectivity index (χ3n) is 4.02. The van der Waals surface area contributed by atoms with Gasteiger partial charge < -0.3 is 83.9 Å². The number of carbonyl (C=O) groups excluding carboxylic acids is 4. The number of hydrogen-bond acceptors (Lipinski definition) is 10. The number of hydrogen-bond donors (Lipinski definition) is 2. The Bertz CT molecular complexity index is 1200. The molecule has 0 aliphatic heterocycles. The number of pyridine rings is 2. The SMILES string of the molecule is O.O.O.O.O.O.O=C([O-])c1cccc(C(=O)[O-])n1.O=C([O-])c1cccc(C(=O)[O-])n1.[Cu+2].[NH3+]c1ccccc1.[NH3+]c1ccccc1.